The second kappa shape index (κ2) is 12.9. The molecule has 0 atom stereocenters. The minimum absolute atomic E-state index is 0. The van der Waals surface area contributed by atoms with Crippen molar-refractivity contribution in [2.24, 2.45) is 4.99 Å². The summed E-state index contributed by atoms with van der Waals surface area (Å²) in [4.78, 5) is 8.71. The Bertz CT molecular complexity index is 852. The predicted octanol–water partition coefficient (Wildman–Crippen LogP) is 3.43. The lowest BCUT2D eigenvalue weighted by Gasteiger charge is -2.13. The van der Waals surface area contributed by atoms with E-state index in [-0.39, 0.29) is 24.0 Å². The van der Waals surface area contributed by atoms with Crippen molar-refractivity contribution in [3.05, 3.63) is 90.0 Å². The number of aliphatic imine (C=N–C) groups is 1. The first kappa shape index (κ1) is 22.9. The number of benzene rings is 2. The van der Waals surface area contributed by atoms with Crippen LogP contribution in [0, 0.1) is 0 Å². The van der Waals surface area contributed by atoms with Gasteiger partial charge in [-0.15, -0.1) is 24.0 Å². The van der Waals surface area contributed by atoms with E-state index < -0.39 is 0 Å². The molecule has 1 aromatic heterocycles. The third kappa shape index (κ3) is 7.86. The number of ether oxygens (including phenoxy) is 1. The zero-order chi connectivity index (χ0) is 19.4. The molecule has 154 valence electrons. The molecule has 2 aromatic carbocycles. The van der Waals surface area contributed by atoms with Crippen LogP contribution in [0.3, 0.4) is 0 Å². The van der Waals surface area contributed by atoms with Crippen LogP contribution in [-0.2, 0) is 24.4 Å². The molecule has 1 heterocycles. The van der Waals surface area contributed by atoms with Crippen LogP contribution in [0.15, 0.2) is 78.0 Å². The van der Waals surface area contributed by atoms with Crippen LogP contribution in [0.25, 0.3) is 0 Å². The molecular formula is C22H28IN5O. The van der Waals surface area contributed by atoms with E-state index in [9.17, 15) is 0 Å². The van der Waals surface area contributed by atoms with Crippen molar-refractivity contribution >= 4 is 29.9 Å². The quantitative estimate of drug-likeness (QED) is 0.203. The first-order valence-corrected chi connectivity index (χ1v) is 9.45. The maximum atomic E-state index is 5.69. The van der Waals surface area contributed by atoms with Crippen molar-refractivity contribution < 1.29 is 4.74 Å². The summed E-state index contributed by atoms with van der Waals surface area (Å²) in [6, 6.07) is 20.5. The molecule has 0 amide bonds. The number of aromatic nitrogens is 2. The molecule has 3 aromatic rings. The molecule has 0 aliphatic rings. The highest BCUT2D eigenvalue weighted by Crippen LogP contribution is 2.05. The highest BCUT2D eigenvalue weighted by molar-refractivity contribution is 14.0. The number of nitrogens with zero attached hydrogens (tertiary/aromatic N) is 3. The zero-order valence-electron chi connectivity index (χ0n) is 16.6. The van der Waals surface area contributed by atoms with Crippen LogP contribution in [0.5, 0.6) is 0 Å². The smallest absolute Gasteiger partial charge is 0.191 e. The lowest BCUT2D eigenvalue weighted by Crippen LogP contribution is -2.39. The standard InChI is InChI=1S/C22H27N5O.HI/c1-23-22(25-13-15-28-18-20-10-6-3-7-11-20)26-16-21-24-12-14-27(21)17-19-8-4-2-5-9-19;/h2-12,14H,13,15-18H2,1H3,(H2,23,25,26);1H. The van der Waals surface area contributed by atoms with Gasteiger partial charge in [0, 0.05) is 32.5 Å². The average molecular weight is 505 g/mol. The highest BCUT2D eigenvalue weighted by atomic mass is 127. The molecule has 29 heavy (non-hydrogen) atoms. The fourth-order valence-electron chi connectivity index (χ4n) is 2.82. The van der Waals surface area contributed by atoms with E-state index in [0.29, 0.717) is 26.3 Å². The summed E-state index contributed by atoms with van der Waals surface area (Å²) in [6.07, 6.45) is 3.82. The minimum atomic E-state index is 0. The molecule has 0 bridgehead atoms. The van der Waals surface area contributed by atoms with Crippen molar-refractivity contribution in [2.45, 2.75) is 19.7 Å². The molecule has 0 aliphatic carbocycles. The Labute approximate surface area is 189 Å². The molecular weight excluding hydrogens is 477 g/mol. The molecule has 3 rings (SSSR count). The molecule has 0 radical (unpaired) electrons. The molecule has 0 saturated carbocycles. The van der Waals surface area contributed by atoms with E-state index in [0.717, 1.165) is 18.3 Å². The molecule has 0 saturated heterocycles. The number of hydrogen-bond donors (Lipinski definition) is 2. The van der Waals surface area contributed by atoms with Gasteiger partial charge in [-0.3, -0.25) is 4.99 Å². The molecule has 0 fully saturated rings. The van der Waals surface area contributed by atoms with Gasteiger partial charge < -0.3 is 19.9 Å². The van der Waals surface area contributed by atoms with Gasteiger partial charge in [0.2, 0.25) is 0 Å². The Hall–Kier alpha value is -2.39. The summed E-state index contributed by atoms with van der Waals surface area (Å²) in [6.45, 7) is 3.32. The fourth-order valence-corrected chi connectivity index (χ4v) is 2.82. The maximum absolute atomic E-state index is 5.69. The third-order valence-electron chi connectivity index (χ3n) is 4.29. The SMILES string of the molecule is CN=C(NCCOCc1ccccc1)NCc1nccn1Cc1ccccc1.I. The summed E-state index contributed by atoms with van der Waals surface area (Å²) < 4.78 is 7.83. The highest BCUT2D eigenvalue weighted by Gasteiger charge is 2.05. The van der Waals surface area contributed by atoms with Gasteiger partial charge in [-0.05, 0) is 11.1 Å². The van der Waals surface area contributed by atoms with E-state index in [1.54, 1.807) is 7.05 Å². The number of imidazole rings is 1. The number of hydrogen-bond acceptors (Lipinski definition) is 3. The number of rotatable bonds is 9. The van der Waals surface area contributed by atoms with Gasteiger partial charge in [0.1, 0.15) is 5.82 Å². The molecule has 0 spiro atoms. The predicted molar refractivity (Wildman–Crippen MR) is 127 cm³/mol. The van der Waals surface area contributed by atoms with Gasteiger partial charge in [0.05, 0.1) is 19.8 Å². The lowest BCUT2D eigenvalue weighted by atomic mass is 10.2. The van der Waals surface area contributed by atoms with Gasteiger partial charge in [0.25, 0.3) is 0 Å². The van der Waals surface area contributed by atoms with Crippen LogP contribution in [0.2, 0.25) is 0 Å². The van der Waals surface area contributed by atoms with E-state index in [1.165, 1.54) is 11.1 Å². The summed E-state index contributed by atoms with van der Waals surface area (Å²) >= 11 is 0. The van der Waals surface area contributed by atoms with E-state index in [4.69, 9.17) is 4.74 Å². The number of nitrogens with one attached hydrogen (secondary N) is 2. The Morgan fingerprint density at radius 1 is 1.00 bits per heavy atom. The van der Waals surface area contributed by atoms with Crippen LogP contribution >= 0.6 is 24.0 Å². The van der Waals surface area contributed by atoms with Crippen LogP contribution in [0.1, 0.15) is 17.0 Å². The second-order valence-electron chi connectivity index (χ2n) is 6.35. The Morgan fingerprint density at radius 3 is 2.38 bits per heavy atom. The van der Waals surface area contributed by atoms with Gasteiger partial charge in [0.15, 0.2) is 5.96 Å². The second-order valence-corrected chi connectivity index (χ2v) is 6.35. The normalized spacial score (nSPS) is 11.0. The van der Waals surface area contributed by atoms with E-state index >= 15 is 0 Å². The van der Waals surface area contributed by atoms with Crippen molar-refractivity contribution in [1.82, 2.24) is 20.2 Å². The molecule has 2 N–H and O–H groups in total. The average Bonchev–Trinajstić information content (AvgIpc) is 3.18. The first-order valence-electron chi connectivity index (χ1n) is 9.45. The van der Waals surface area contributed by atoms with Crippen molar-refractivity contribution in [3.8, 4) is 0 Å². The zero-order valence-corrected chi connectivity index (χ0v) is 19.0. The first-order chi connectivity index (χ1) is 13.8. The van der Waals surface area contributed by atoms with E-state index in [1.807, 2.05) is 36.7 Å². The number of halogens is 1. The van der Waals surface area contributed by atoms with Gasteiger partial charge >= 0.3 is 0 Å². The fraction of sp³-hybridized carbons (Fsp3) is 0.273. The van der Waals surface area contributed by atoms with Crippen molar-refractivity contribution in [3.63, 3.8) is 0 Å². The van der Waals surface area contributed by atoms with Gasteiger partial charge in [-0.2, -0.15) is 0 Å². The Morgan fingerprint density at radius 2 is 1.69 bits per heavy atom. The summed E-state index contributed by atoms with van der Waals surface area (Å²) in [7, 11) is 1.76. The monoisotopic (exact) mass is 505 g/mol. The number of guanidine groups is 1. The van der Waals surface area contributed by atoms with E-state index in [2.05, 4.69) is 61.6 Å². The van der Waals surface area contributed by atoms with Crippen molar-refractivity contribution in [2.75, 3.05) is 20.2 Å². The molecule has 0 aliphatic heterocycles. The van der Waals surface area contributed by atoms with Crippen LogP contribution < -0.4 is 10.6 Å². The van der Waals surface area contributed by atoms with Gasteiger partial charge in [-0.25, -0.2) is 4.98 Å². The summed E-state index contributed by atoms with van der Waals surface area (Å²) in [5.74, 6) is 1.70. The van der Waals surface area contributed by atoms with Crippen LogP contribution in [-0.4, -0.2) is 35.7 Å². The Balaban J connectivity index is 0.00000300. The lowest BCUT2D eigenvalue weighted by molar-refractivity contribution is 0.125. The van der Waals surface area contributed by atoms with Crippen molar-refractivity contribution in [1.29, 1.82) is 0 Å². The molecule has 0 unspecified atom stereocenters. The Kier molecular flexibility index (Phi) is 10.2. The molecule has 7 heteroatoms. The largest absolute Gasteiger partial charge is 0.375 e. The third-order valence-corrected chi connectivity index (χ3v) is 4.29. The summed E-state index contributed by atoms with van der Waals surface area (Å²) in [5.41, 5.74) is 2.43. The molecule has 6 nitrogen and oxygen atoms in total. The van der Waals surface area contributed by atoms with Crippen LogP contribution in [0.4, 0.5) is 0 Å². The van der Waals surface area contributed by atoms with Gasteiger partial charge in [-0.1, -0.05) is 60.7 Å². The minimum Gasteiger partial charge on any atom is -0.375 e. The topological polar surface area (TPSA) is 63.5 Å². The maximum Gasteiger partial charge on any atom is 0.191 e. The summed E-state index contributed by atoms with van der Waals surface area (Å²) in [5, 5.41) is 6.57.